The Hall–Kier alpha value is -2.17. The van der Waals surface area contributed by atoms with Crippen molar-refractivity contribution in [1.29, 1.82) is 0 Å². The average molecular weight is 401 g/mol. The highest BCUT2D eigenvalue weighted by molar-refractivity contribution is 7.99. The second-order valence-electron chi connectivity index (χ2n) is 5.12. The van der Waals surface area contributed by atoms with Crippen molar-refractivity contribution in [3.63, 3.8) is 0 Å². The highest BCUT2D eigenvalue weighted by Crippen LogP contribution is 2.34. The number of thioether (sulfide) groups is 1. The first-order valence-corrected chi connectivity index (χ1v) is 9.69. The SMILES string of the molecule is COc1cc(C(C)=NNc2ccc(S(N)(=O)=O)cc2)ccc1SC(F)F. The number of sulfonamides is 1. The van der Waals surface area contributed by atoms with E-state index in [4.69, 9.17) is 9.88 Å². The van der Waals surface area contributed by atoms with Crippen LogP contribution in [0.5, 0.6) is 5.75 Å². The number of nitrogens with two attached hydrogens (primary N) is 1. The van der Waals surface area contributed by atoms with Crippen LogP contribution in [0.3, 0.4) is 0 Å². The fourth-order valence-electron chi connectivity index (χ4n) is 2.02. The minimum atomic E-state index is -3.75. The number of methoxy groups -OCH3 is 1. The Bertz CT molecular complexity index is 901. The van der Waals surface area contributed by atoms with E-state index >= 15 is 0 Å². The van der Waals surface area contributed by atoms with Gasteiger partial charge in [0.1, 0.15) is 5.75 Å². The molecule has 0 heterocycles. The summed E-state index contributed by atoms with van der Waals surface area (Å²) in [5.74, 6) is -2.20. The standard InChI is InChI=1S/C16H17F2N3O3S2/c1-10(11-3-8-15(25-16(17)18)14(9-11)24-2)20-21-12-4-6-13(7-5-12)26(19,22)23/h3-9,16,21H,1-2H3,(H2,19,22,23). The third-order valence-corrected chi connectivity index (χ3v) is 5.03. The summed E-state index contributed by atoms with van der Waals surface area (Å²) < 4.78 is 52.7. The molecule has 0 spiro atoms. The van der Waals surface area contributed by atoms with Gasteiger partial charge in [0.2, 0.25) is 10.0 Å². The molecule has 0 aliphatic rings. The Morgan fingerprint density at radius 1 is 1.23 bits per heavy atom. The van der Waals surface area contributed by atoms with Crippen LogP contribution in [0.4, 0.5) is 14.5 Å². The second kappa shape index (κ2) is 8.47. The van der Waals surface area contributed by atoms with Gasteiger partial charge < -0.3 is 4.74 Å². The Morgan fingerprint density at radius 2 is 1.88 bits per heavy atom. The first kappa shape index (κ1) is 20.1. The minimum Gasteiger partial charge on any atom is -0.496 e. The zero-order valence-electron chi connectivity index (χ0n) is 13.9. The molecule has 2 aromatic carbocycles. The molecular formula is C16H17F2N3O3S2. The number of halogens is 2. The number of alkyl halides is 2. The molecule has 2 rings (SSSR count). The Kier molecular flexibility index (Phi) is 6.57. The molecule has 0 unspecified atom stereocenters. The van der Waals surface area contributed by atoms with Crippen molar-refractivity contribution in [3.05, 3.63) is 48.0 Å². The first-order valence-electron chi connectivity index (χ1n) is 7.27. The molecule has 2 aromatic rings. The molecule has 3 N–H and O–H groups in total. The van der Waals surface area contributed by atoms with Crippen molar-refractivity contribution < 1.29 is 21.9 Å². The number of nitrogens with zero attached hydrogens (tertiary/aromatic N) is 1. The van der Waals surface area contributed by atoms with Gasteiger partial charge >= 0.3 is 0 Å². The van der Waals surface area contributed by atoms with Gasteiger partial charge in [-0.25, -0.2) is 13.6 Å². The van der Waals surface area contributed by atoms with E-state index in [9.17, 15) is 17.2 Å². The van der Waals surface area contributed by atoms with Crippen LogP contribution >= 0.6 is 11.8 Å². The fraction of sp³-hybridized carbons (Fsp3) is 0.188. The monoisotopic (exact) mass is 401 g/mol. The van der Waals surface area contributed by atoms with Crippen LogP contribution in [-0.4, -0.2) is 27.0 Å². The molecular weight excluding hydrogens is 384 g/mol. The summed E-state index contributed by atoms with van der Waals surface area (Å²) in [7, 11) is -2.34. The highest BCUT2D eigenvalue weighted by Gasteiger charge is 2.12. The van der Waals surface area contributed by atoms with Crippen molar-refractivity contribution in [2.75, 3.05) is 12.5 Å². The predicted octanol–water partition coefficient (Wildman–Crippen LogP) is 3.49. The molecule has 0 bridgehead atoms. The van der Waals surface area contributed by atoms with E-state index in [0.29, 0.717) is 39.4 Å². The molecule has 26 heavy (non-hydrogen) atoms. The van der Waals surface area contributed by atoms with Crippen LogP contribution in [0.2, 0.25) is 0 Å². The van der Waals surface area contributed by atoms with Crippen LogP contribution in [0.25, 0.3) is 0 Å². The van der Waals surface area contributed by atoms with Gasteiger partial charge in [-0.1, -0.05) is 17.8 Å². The van der Waals surface area contributed by atoms with Crippen LogP contribution in [-0.2, 0) is 10.0 Å². The van der Waals surface area contributed by atoms with Gasteiger partial charge in [0, 0.05) is 5.56 Å². The molecule has 0 saturated carbocycles. The van der Waals surface area contributed by atoms with Crippen molar-refractivity contribution in [2.24, 2.45) is 10.2 Å². The maximum absolute atomic E-state index is 12.5. The van der Waals surface area contributed by atoms with Crippen LogP contribution < -0.4 is 15.3 Å². The quantitative estimate of drug-likeness (QED) is 0.421. The van der Waals surface area contributed by atoms with Gasteiger partial charge in [-0.3, -0.25) is 5.43 Å². The molecule has 0 radical (unpaired) electrons. The number of anilines is 1. The van der Waals surface area contributed by atoms with Gasteiger partial charge in [0.25, 0.3) is 5.76 Å². The van der Waals surface area contributed by atoms with E-state index in [2.05, 4.69) is 10.5 Å². The van der Waals surface area contributed by atoms with Crippen molar-refractivity contribution >= 4 is 33.2 Å². The lowest BCUT2D eigenvalue weighted by atomic mass is 10.1. The molecule has 0 amide bonds. The average Bonchev–Trinajstić information content (AvgIpc) is 2.59. The summed E-state index contributed by atoms with van der Waals surface area (Å²) >= 11 is 0.410. The van der Waals surface area contributed by atoms with E-state index in [-0.39, 0.29) is 4.90 Å². The van der Waals surface area contributed by atoms with E-state index in [1.54, 1.807) is 25.1 Å². The van der Waals surface area contributed by atoms with Gasteiger partial charge in [0.05, 0.1) is 28.3 Å². The molecule has 0 fully saturated rings. The van der Waals surface area contributed by atoms with Gasteiger partial charge in [-0.05, 0) is 43.3 Å². The molecule has 140 valence electrons. The molecule has 0 atom stereocenters. The maximum atomic E-state index is 12.5. The number of hydrogen-bond donors (Lipinski definition) is 2. The number of hydrogen-bond acceptors (Lipinski definition) is 6. The largest absolute Gasteiger partial charge is 0.496 e. The van der Waals surface area contributed by atoms with Gasteiger partial charge in [-0.15, -0.1) is 0 Å². The fourth-order valence-corrected chi connectivity index (χ4v) is 3.13. The lowest BCUT2D eigenvalue weighted by molar-refractivity contribution is 0.251. The minimum absolute atomic E-state index is 0.000562. The zero-order valence-corrected chi connectivity index (χ0v) is 15.6. The first-order chi connectivity index (χ1) is 12.2. The zero-order chi connectivity index (χ0) is 19.3. The number of nitrogens with one attached hydrogen (secondary N) is 1. The number of hydrazone groups is 1. The summed E-state index contributed by atoms with van der Waals surface area (Å²) in [6.07, 6.45) is 0. The summed E-state index contributed by atoms with van der Waals surface area (Å²) in [5.41, 5.74) is 4.63. The normalized spacial score (nSPS) is 12.3. The summed E-state index contributed by atoms with van der Waals surface area (Å²) in [6, 6.07) is 10.6. The number of benzene rings is 2. The van der Waals surface area contributed by atoms with Gasteiger partial charge in [0.15, 0.2) is 0 Å². The Labute approximate surface area is 154 Å². The van der Waals surface area contributed by atoms with E-state index < -0.39 is 15.8 Å². The maximum Gasteiger partial charge on any atom is 0.289 e. The summed E-state index contributed by atoms with van der Waals surface area (Å²) in [4.78, 5) is 0.339. The van der Waals surface area contributed by atoms with Crippen LogP contribution in [0.15, 0.2) is 57.4 Å². The molecule has 0 saturated heterocycles. The third-order valence-electron chi connectivity index (χ3n) is 3.33. The number of rotatable bonds is 7. The Morgan fingerprint density at radius 3 is 2.42 bits per heavy atom. The number of ether oxygens (including phenoxy) is 1. The van der Waals surface area contributed by atoms with Crippen molar-refractivity contribution in [2.45, 2.75) is 22.5 Å². The lowest BCUT2D eigenvalue weighted by Gasteiger charge is -2.10. The third kappa shape index (κ3) is 5.41. The van der Waals surface area contributed by atoms with Crippen LogP contribution in [0, 0.1) is 0 Å². The predicted molar refractivity (Wildman–Crippen MR) is 98.5 cm³/mol. The van der Waals surface area contributed by atoms with E-state index in [1.807, 2.05) is 0 Å². The summed E-state index contributed by atoms with van der Waals surface area (Å²) in [6.45, 7) is 1.74. The lowest BCUT2D eigenvalue weighted by Crippen LogP contribution is -2.11. The smallest absolute Gasteiger partial charge is 0.289 e. The molecule has 0 aliphatic carbocycles. The second-order valence-corrected chi connectivity index (χ2v) is 7.72. The van der Waals surface area contributed by atoms with Crippen molar-refractivity contribution in [3.8, 4) is 5.75 Å². The van der Waals surface area contributed by atoms with Crippen molar-refractivity contribution in [1.82, 2.24) is 0 Å². The van der Waals surface area contributed by atoms with E-state index in [0.717, 1.165) is 0 Å². The summed E-state index contributed by atoms with van der Waals surface area (Å²) in [5, 5.41) is 9.24. The molecule has 6 nitrogen and oxygen atoms in total. The Balaban J connectivity index is 2.16. The van der Waals surface area contributed by atoms with Gasteiger partial charge in [-0.2, -0.15) is 13.9 Å². The molecule has 0 aromatic heterocycles. The number of primary sulfonamides is 1. The topological polar surface area (TPSA) is 93.8 Å². The highest BCUT2D eigenvalue weighted by atomic mass is 32.2. The van der Waals surface area contributed by atoms with Crippen LogP contribution in [0.1, 0.15) is 12.5 Å². The molecule has 10 heteroatoms. The molecule has 0 aliphatic heterocycles. The van der Waals surface area contributed by atoms with E-state index in [1.165, 1.54) is 31.4 Å².